The minimum atomic E-state index is -1.18. The maximum absolute atomic E-state index is 11.7. The smallest absolute Gasteiger partial charge is 0.358 e. The van der Waals surface area contributed by atoms with Gasteiger partial charge in [-0.15, -0.1) is 5.10 Å². The standard InChI is InChI=1S/C11H12N4O4/c1-7(9-3-2-4-19-9)12-10(16)6-15-5-8(11(17)18)13-14-15/h2-5,7H,6H2,1H3,(H,12,16)(H,17,18). The van der Waals surface area contributed by atoms with Crippen molar-refractivity contribution < 1.29 is 19.1 Å². The van der Waals surface area contributed by atoms with Crippen molar-refractivity contribution in [2.75, 3.05) is 0 Å². The molecular weight excluding hydrogens is 252 g/mol. The molecular formula is C11H12N4O4. The summed E-state index contributed by atoms with van der Waals surface area (Å²) < 4.78 is 6.32. The Kier molecular flexibility index (Phi) is 3.60. The molecule has 19 heavy (non-hydrogen) atoms. The van der Waals surface area contributed by atoms with E-state index in [-0.39, 0.29) is 24.2 Å². The largest absolute Gasteiger partial charge is 0.476 e. The Balaban J connectivity index is 1.92. The van der Waals surface area contributed by atoms with Gasteiger partial charge in [-0.3, -0.25) is 4.79 Å². The molecule has 2 rings (SSSR count). The fraction of sp³-hybridized carbons (Fsp3) is 0.273. The van der Waals surface area contributed by atoms with E-state index < -0.39 is 5.97 Å². The first-order valence-corrected chi connectivity index (χ1v) is 5.52. The molecule has 0 spiro atoms. The van der Waals surface area contributed by atoms with Gasteiger partial charge in [-0.05, 0) is 19.1 Å². The number of carboxylic acids is 1. The minimum absolute atomic E-state index is 0.106. The number of rotatable bonds is 5. The summed E-state index contributed by atoms with van der Waals surface area (Å²) in [5.74, 6) is -0.862. The molecule has 2 aromatic heterocycles. The van der Waals surface area contributed by atoms with E-state index in [1.165, 1.54) is 12.5 Å². The zero-order chi connectivity index (χ0) is 13.8. The molecule has 2 N–H and O–H groups in total. The highest BCUT2D eigenvalue weighted by molar-refractivity contribution is 5.84. The zero-order valence-electron chi connectivity index (χ0n) is 10.1. The second kappa shape index (κ2) is 5.34. The third-order valence-corrected chi connectivity index (χ3v) is 2.41. The van der Waals surface area contributed by atoms with Crippen LogP contribution >= 0.6 is 0 Å². The summed E-state index contributed by atoms with van der Waals surface area (Å²) in [6, 6.07) is 3.21. The highest BCUT2D eigenvalue weighted by atomic mass is 16.4. The van der Waals surface area contributed by atoms with Crippen molar-refractivity contribution in [2.24, 2.45) is 0 Å². The number of carbonyl (C=O) groups excluding carboxylic acids is 1. The molecule has 0 saturated heterocycles. The van der Waals surface area contributed by atoms with Crippen LogP contribution in [0, 0.1) is 0 Å². The molecule has 0 bridgehead atoms. The molecule has 0 aromatic carbocycles. The van der Waals surface area contributed by atoms with Gasteiger partial charge in [-0.1, -0.05) is 5.21 Å². The van der Waals surface area contributed by atoms with Crippen LogP contribution in [0.5, 0.6) is 0 Å². The van der Waals surface area contributed by atoms with E-state index in [0.29, 0.717) is 5.76 Å². The molecule has 0 aliphatic heterocycles. The number of furan rings is 1. The lowest BCUT2D eigenvalue weighted by Crippen LogP contribution is -2.30. The lowest BCUT2D eigenvalue weighted by molar-refractivity contribution is -0.122. The van der Waals surface area contributed by atoms with Crippen LogP contribution in [0.3, 0.4) is 0 Å². The first-order valence-electron chi connectivity index (χ1n) is 5.52. The van der Waals surface area contributed by atoms with E-state index in [4.69, 9.17) is 9.52 Å². The van der Waals surface area contributed by atoms with E-state index >= 15 is 0 Å². The molecule has 1 unspecified atom stereocenters. The Morgan fingerprint density at radius 2 is 2.37 bits per heavy atom. The second-order valence-electron chi connectivity index (χ2n) is 3.91. The van der Waals surface area contributed by atoms with Gasteiger partial charge in [0.15, 0.2) is 5.69 Å². The Morgan fingerprint density at radius 1 is 1.58 bits per heavy atom. The molecule has 2 heterocycles. The molecule has 0 radical (unpaired) electrons. The number of aromatic nitrogens is 3. The van der Waals surface area contributed by atoms with Crippen LogP contribution in [0.2, 0.25) is 0 Å². The van der Waals surface area contributed by atoms with Gasteiger partial charge in [0, 0.05) is 0 Å². The van der Waals surface area contributed by atoms with Gasteiger partial charge >= 0.3 is 5.97 Å². The van der Waals surface area contributed by atoms with Crippen molar-refractivity contribution >= 4 is 11.9 Å². The Morgan fingerprint density at radius 3 is 2.95 bits per heavy atom. The van der Waals surface area contributed by atoms with Crippen LogP contribution in [0.25, 0.3) is 0 Å². The maximum atomic E-state index is 11.7. The molecule has 0 fully saturated rings. The first kappa shape index (κ1) is 12.8. The van der Waals surface area contributed by atoms with Crippen molar-refractivity contribution in [2.45, 2.75) is 19.5 Å². The number of carboxylic acid groups (broad SMARTS) is 1. The van der Waals surface area contributed by atoms with Crippen LogP contribution in [0.15, 0.2) is 29.0 Å². The van der Waals surface area contributed by atoms with Crippen molar-refractivity contribution in [1.82, 2.24) is 20.3 Å². The van der Waals surface area contributed by atoms with Crippen molar-refractivity contribution in [3.8, 4) is 0 Å². The minimum Gasteiger partial charge on any atom is -0.476 e. The maximum Gasteiger partial charge on any atom is 0.358 e. The van der Waals surface area contributed by atoms with Gasteiger partial charge in [0.2, 0.25) is 5.91 Å². The third kappa shape index (κ3) is 3.18. The third-order valence-electron chi connectivity index (χ3n) is 2.41. The van der Waals surface area contributed by atoms with Crippen LogP contribution in [-0.2, 0) is 11.3 Å². The van der Waals surface area contributed by atoms with Gasteiger partial charge in [0.05, 0.1) is 18.5 Å². The van der Waals surface area contributed by atoms with Gasteiger partial charge in [0.1, 0.15) is 12.3 Å². The Bertz CT molecular complexity index is 575. The predicted molar refractivity (Wildman–Crippen MR) is 62.2 cm³/mol. The summed E-state index contributed by atoms with van der Waals surface area (Å²) >= 11 is 0. The molecule has 2 aromatic rings. The monoisotopic (exact) mass is 264 g/mol. The number of amides is 1. The van der Waals surface area contributed by atoms with Crippen molar-refractivity contribution in [1.29, 1.82) is 0 Å². The lowest BCUT2D eigenvalue weighted by atomic mass is 10.2. The predicted octanol–water partition coefficient (Wildman–Crippen LogP) is 0.447. The fourth-order valence-corrected chi connectivity index (χ4v) is 1.52. The number of nitrogens with one attached hydrogen (secondary N) is 1. The van der Waals surface area contributed by atoms with E-state index in [9.17, 15) is 9.59 Å². The SMILES string of the molecule is CC(NC(=O)Cn1cc(C(=O)O)nn1)c1ccco1. The second-order valence-corrected chi connectivity index (χ2v) is 3.91. The Hall–Kier alpha value is -2.64. The number of aromatic carboxylic acids is 1. The summed E-state index contributed by atoms with van der Waals surface area (Å²) in [5.41, 5.74) is -0.202. The van der Waals surface area contributed by atoms with Gasteiger partial charge in [-0.25, -0.2) is 9.48 Å². The summed E-state index contributed by atoms with van der Waals surface area (Å²) in [6.07, 6.45) is 2.72. The summed E-state index contributed by atoms with van der Waals surface area (Å²) in [7, 11) is 0. The average Bonchev–Trinajstić information content (AvgIpc) is 2.98. The van der Waals surface area contributed by atoms with Crippen molar-refractivity contribution in [3.63, 3.8) is 0 Å². The molecule has 0 aliphatic carbocycles. The zero-order valence-corrected chi connectivity index (χ0v) is 10.1. The molecule has 8 heteroatoms. The van der Waals surface area contributed by atoms with E-state index in [0.717, 1.165) is 4.68 Å². The molecule has 0 saturated carbocycles. The summed E-state index contributed by atoms with van der Waals surface area (Å²) in [6.45, 7) is 1.67. The first-order chi connectivity index (χ1) is 9.06. The highest BCUT2D eigenvalue weighted by Gasteiger charge is 2.14. The van der Waals surface area contributed by atoms with Gasteiger partial charge in [-0.2, -0.15) is 0 Å². The van der Waals surface area contributed by atoms with Gasteiger partial charge < -0.3 is 14.8 Å². The number of carbonyl (C=O) groups is 2. The van der Waals surface area contributed by atoms with Crippen molar-refractivity contribution in [3.05, 3.63) is 36.0 Å². The summed E-state index contributed by atoms with van der Waals surface area (Å²) in [5, 5.41) is 18.3. The Labute approximate surface area is 108 Å². The number of hydrogen-bond donors (Lipinski definition) is 2. The quantitative estimate of drug-likeness (QED) is 0.811. The van der Waals surface area contributed by atoms with Crippen LogP contribution in [0.4, 0.5) is 0 Å². The van der Waals surface area contributed by atoms with Gasteiger partial charge in [0.25, 0.3) is 0 Å². The van der Waals surface area contributed by atoms with E-state index in [1.54, 1.807) is 19.1 Å². The van der Waals surface area contributed by atoms with Crippen LogP contribution < -0.4 is 5.32 Å². The number of hydrogen-bond acceptors (Lipinski definition) is 5. The lowest BCUT2D eigenvalue weighted by Gasteiger charge is -2.10. The van der Waals surface area contributed by atoms with E-state index in [2.05, 4.69) is 15.6 Å². The molecule has 0 aliphatic rings. The molecule has 1 atom stereocenters. The van der Waals surface area contributed by atoms with Crippen LogP contribution in [0.1, 0.15) is 29.2 Å². The molecule has 1 amide bonds. The topological polar surface area (TPSA) is 110 Å². The molecule has 100 valence electrons. The summed E-state index contributed by atoms with van der Waals surface area (Å²) in [4.78, 5) is 22.3. The normalized spacial score (nSPS) is 12.1. The van der Waals surface area contributed by atoms with Crippen LogP contribution in [-0.4, -0.2) is 32.0 Å². The highest BCUT2D eigenvalue weighted by Crippen LogP contribution is 2.11. The molecule has 8 nitrogen and oxygen atoms in total. The van der Waals surface area contributed by atoms with E-state index in [1.807, 2.05) is 0 Å². The fourth-order valence-electron chi connectivity index (χ4n) is 1.52. The number of nitrogens with zero attached hydrogens (tertiary/aromatic N) is 3. The average molecular weight is 264 g/mol.